The SMILES string of the molecule is CN(Cc1ccc(Cl)cc1Cl)C(=S)NCc1ccccc1. The lowest BCUT2D eigenvalue weighted by atomic mass is 10.2. The normalized spacial score (nSPS) is 10.2. The molecule has 110 valence electrons. The van der Waals surface area contributed by atoms with E-state index in [0.717, 1.165) is 5.56 Å². The van der Waals surface area contributed by atoms with Crippen molar-refractivity contribution >= 4 is 40.5 Å². The van der Waals surface area contributed by atoms with Gasteiger partial charge < -0.3 is 10.2 Å². The second-order valence-corrected chi connectivity index (χ2v) is 5.97. The molecular weight excluding hydrogens is 323 g/mol. The molecule has 5 heteroatoms. The maximum atomic E-state index is 6.18. The van der Waals surface area contributed by atoms with Crippen LogP contribution in [0.2, 0.25) is 10.0 Å². The molecule has 0 amide bonds. The average Bonchev–Trinajstić information content (AvgIpc) is 2.48. The van der Waals surface area contributed by atoms with Crippen molar-refractivity contribution in [3.8, 4) is 0 Å². The van der Waals surface area contributed by atoms with Crippen LogP contribution >= 0.6 is 35.4 Å². The van der Waals surface area contributed by atoms with Crippen molar-refractivity contribution in [2.45, 2.75) is 13.1 Å². The molecule has 2 rings (SSSR count). The highest BCUT2D eigenvalue weighted by atomic mass is 35.5. The van der Waals surface area contributed by atoms with Gasteiger partial charge in [-0.1, -0.05) is 59.6 Å². The Morgan fingerprint density at radius 3 is 2.52 bits per heavy atom. The summed E-state index contributed by atoms with van der Waals surface area (Å²) in [7, 11) is 1.94. The number of halogens is 2. The summed E-state index contributed by atoms with van der Waals surface area (Å²) in [5, 5.41) is 5.21. The molecule has 0 atom stereocenters. The van der Waals surface area contributed by atoms with E-state index in [9.17, 15) is 0 Å². The zero-order valence-corrected chi connectivity index (χ0v) is 14.0. The van der Waals surface area contributed by atoms with Gasteiger partial charge in [0.2, 0.25) is 0 Å². The molecule has 0 saturated heterocycles. The van der Waals surface area contributed by atoms with E-state index in [2.05, 4.69) is 17.4 Å². The van der Waals surface area contributed by atoms with E-state index < -0.39 is 0 Å². The molecule has 2 nitrogen and oxygen atoms in total. The van der Waals surface area contributed by atoms with Gasteiger partial charge in [0.05, 0.1) is 0 Å². The van der Waals surface area contributed by atoms with E-state index in [0.29, 0.717) is 28.2 Å². The van der Waals surface area contributed by atoms with Crippen LogP contribution in [0, 0.1) is 0 Å². The van der Waals surface area contributed by atoms with Gasteiger partial charge >= 0.3 is 0 Å². The first-order chi connectivity index (χ1) is 10.1. The molecule has 0 saturated carbocycles. The van der Waals surface area contributed by atoms with Crippen LogP contribution in [0.15, 0.2) is 48.5 Å². The summed E-state index contributed by atoms with van der Waals surface area (Å²) in [6.45, 7) is 1.34. The van der Waals surface area contributed by atoms with Gasteiger partial charge in [0.1, 0.15) is 0 Å². The van der Waals surface area contributed by atoms with Gasteiger partial charge in [-0.15, -0.1) is 0 Å². The zero-order chi connectivity index (χ0) is 15.2. The minimum atomic E-state index is 0.635. The lowest BCUT2D eigenvalue weighted by molar-refractivity contribution is 0.489. The standard InChI is InChI=1S/C16H16Cl2N2S/c1-20(11-13-7-8-14(17)9-15(13)18)16(21)19-10-12-5-3-2-4-6-12/h2-9H,10-11H2,1H3,(H,19,21). The molecule has 0 aliphatic carbocycles. The molecule has 2 aromatic carbocycles. The molecule has 0 aromatic heterocycles. The zero-order valence-electron chi connectivity index (χ0n) is 11.6. The van der Waals surface area contributed by atoms with Crippen molar-refractivity contribution in [2.24, 2.45) is 0 Å². The average molecular weight is 339 g/mol. The number of hydrogen-bond donors (Lipinski definition) is 1. The molecule has 0 spiro atoms. The van der Waals surface area contributed by atoms with Gasteiger partial charge in [0.25, 0.3) is 0 Å². The van der Waals surface area contributed by atoms with Crippen molar-refractivity contribution in [3.63, 3.8) is 0 Å². The van der Waals surface area contributed by atoms with E-state index >= 15 is 0 Å². The summed E-state index contributed by atoms with van der Waals surface area (Å²) in [6.07, 6.45) is 0. The first kappa shape index (κ1) is 16.1. The Kier molecular flexibility index (Phi) is 5.85. The highest BCUT2D eigenvalue weighted by Gasteiger charge is 2.08. The number of nitrogens with zero attached hydrogens (tertiary/aromatic N) is 1. The van der Waals surface area contributed by atoms with Gasteiger partial charge in [-0.2, -0.15) is 0 Å². The predicted molar refractivity (Wildman–Crippen MR) is 93.8 cm³/mol. The Morgan fingerprint density at radius 2 is 1.86 bits per heavy atom. The summed E-state index contributed by atoms with van der Waals surface area (Å²) in [5.74, 6) is 0. The van der Waals surface area contributed by atoms with Crippen LogP contribution in [0.25, 0.3) is 0 Å². The lowest BCUT2D eigenvalue weighted by Crippen LogP contribution is -2.36. The summed E-state index contributed by atoms with van der Waals surface area (Å²) in [4.78, 5) is 1.95. The van der Waals surface area contributed by atoms with E-state index in [4.69, 9.17) is 35.4 Å². The Labute approximate surface area is 140 Å². The van der Waals surface area contributed by atoms with Crippen molar-refractivity contribution in [3.05, 3.63) is 69.7 Å². The van der Waals surface area contributed by atoms with Crippen LogP contribution in [-0.4, -0.2) is 17.1 Å². The van der Waals surface area contributed by atoms with Crippen molar-refractivity contribution in [1.29, 1.82) is 0 Å². The third-order valence-electron chi connectivity index (χ3n) is 3.06. The number of nitrogens with one attached hydrogen (secondary N) is 1. The van der Waals surface area contributed by atoms with Crippen molar-refractivity contribution in [1.82, 2.24) is 10.2 Å². The Hall–Kier alpha value is -1.29. The van der Waals surface area contributed by atoms with Crippen LogP contribution in [0.3, 0.4) is 0 Å². The van der Waals surface area contributed by atoms with E-state index in [-0.39, 0.29) is 0 Å². The van der Waals surface area contributed by atoms with Crippen LogP contribution in [0.5, 0.6) is 0 Å². The van der Waals surface area contributed by atoms with E-state index in [1.165, 1.54) is 5.56 Å². The highest BCUT2D eigenvalue weighted by molar-refractivity contribution is 7.80. The summed E-state index contributed by atoms with van der Waals surface area (Å²) >= 11 is 17.5. The molecule has 0 heterocycles. The van der Waals surface area contributed by atoms with Crippen molar-refractivity contribution in [2.75, 3.05) is 7.05 Å². The van der Waals surface area contributed by atoms with Gasteiger partial charge in [-0.25, -0.2) is 0 Å². The maximum Gasteiger partial charge on any atom is 0.169 e. The fourth-order valence-corrected chi connectivity index (χ4v) is 2.49. The first-order valence-electron chi connectivity index (χ1n) is 6.53. The van der Waals surface area contributed by atoms with E-state index in [1.807, 2.05) is 42.3 Å². The smallest absolute Gasteiger partial charge is 0.169 e. The van der Waals surface area contributed by atoms with Gasteiger partial charge in [0.15, 0.2) is 5.11 Å². The summed E-state index contributed by atoms with van der Waals surface area (Å²) in [6, 6.07) is 15.6. The van der Waals surface area contributed by atoms with Crippen LogP contribution in [0.1, 0.15) is 11.1 Å². The van der Waals surface area contributed by atoms with Crippen molar-refractivity contribution < 1.29 is 0 Å². The number of benzene rings is 2. The quantitative estimate of drug-likeness (QED) is 0.826. The van der Waals surface area contributed by atoms with Gasteiger partial charge in [-0.3, -0.25) is 0 Å². The lowest BCUT2D eigenvalue weighted by Gasteiger charge is -2.21. The number of rotatable bonds is 4. The Balaban J connectivity index is 1.90. The van der Waals surface area contributed by atoms with Gasteiger partial charge in [-0.05, 0) is 35.5 Å². The fourth-order valence-electron chi connectivity index (χ4n) is 1.89. The third-order valence-corrected chi connectivity index (χ3v) is 4.10. The molecule has 0 bridgehead atoms. The fraction of sp³-hybridized carbons (Fsp3) is 0.188. The monoisotopic (exact) mass is 338 g/mol. The molecule has 21 heavy (non-hydrogen) atoms. The number of thiocarbonyl (C=S) groups is 1. The highest BCUT2D eigenvalue weighted by Crippen LogP contribution is 2.22. The number of hydrogen-bond acceptors (Lipinski definition) is 1. The third kappa shape index (κ3) is 4.88. The second kappa shape index (κ2) is 7.64. The van der Waals surface area contributed by atoms with Crippen LogP contribution < -0.4 is 5.32 Å². The summed E-state index contributed by atoms with van der Waals surface area (Å²) < 4.78 is 0. The maximum absolute atomic E-state index is 6.18. The van der Waals surface area contributed by atoms with Gasteiger partial charge in [0, 0.05) is 30.2 Å². The minimum absolute atomic E-state index is 0.635. The first-order valence-corrected chi connectivity index (χ1v) is 7.69. The molecule has 0 aliphatic rings. The molecule has 0 fully saturated rings. The van der Waals surface area contributed by atoms with Crippen LogP contribution in [0.4, 0.5) is 0 Å². The molecular formula is C16H16Cl2N2S. The molecule has 2 aromatic rings. The minimum Gasteiger partial charge on any atom is -0.358 e. The molecule has 0 unspecified atom stereocenters. The van der Waals surface area contributed by atoms with Crippen LogP contribution in [-0.2, 0) is 13.1 Å². The Morgan fingerprint density at radius 1 is 1.14 bits per heavy atom. The predicted octanol–water partition coefficient (Wildman–Crippen LogP) is 4.50. The summed E-state index contributed by atoms with van der Waals surface area (Å²) in [5.41, 5.74) is 2.19. The molecule has 0 radical (unpaired) electrons. The molecule has 1 N–H and O–H groups in total. The topological polar surface area (TPSA) is 15.3 Å². The van der Waals surface area contributed by atoms with E-state index in [1.54, 1.807) is 6.07 Å². The second-order valence-electron chi connectivity index (χ2n) is 4.74. The molecule has 0 aliphatic heterocycles. The largest absolute Gasteiger partial charge is 0.358 e. The Bertz CT molecular complexity index is 617.